The third-order valence-electron chi connectivity index (χ3n) is 3.32. The lowest BCUT2D eigenvalue weighted by atomic mass is 10.1. The van der Waals surface area contributed by atoms with Crippen LogP contribution in [0.3, 0.4) is 0 Å². The van der Waals surface area contributed by atoms with Gasteiger partial charge >= 0.3 is 6.09 Å². The average molecular weight is 307 g/mol. The molecule has 1 saturated heterocycles. The monoisotopic (exact) mass is 307 g/mol. The fraction of sp³-hybridized carbons (Fsp3) is 0.533. The number of nitro benzene ring substituents is 1. The van der Waals surface area contributed by atoms with Crippen LogP contribution >= 0.6 is 0 Å². The average Bonchev–Trinajstić information content (AvgIpc) is 2.85. The van der Waals surface area contributed by atoms with Gasteiger partial charge in [-0.05, 0) is 32.9 Å². The lowest BCUT2D eigenvalue weighted by molar-refractivity contribution is -0.384. The van der Waals surface area contributed by atoms with Gasteiger partial charge in [0.25, 0.3) is 5.69 Å². The van der Waals surface area contributed by atoms with Crippen LogP contribution in [0.15, 0.2) is 24.3 Å². The second kappa shape index (κ2) is 6.21. The van der Waals surface area contributed by atoms with Crippen molar-refractivity contribution >= 4 is 17.5 Å². The van der Waals surface area contributed by atoms with Crippen molar-refractivity contribution in [1.29, 1.82) is 0 Å². The zero-order chi connectivity index (χ0) is 16.3. The largest absolute Gasteiger partial charge is 0.444 e. The van der Waals surface area contributed by atoms with Crippen LogP contribution in [0.5, 0.6) is 0 Å². The second-order valence-electron chi connectivity index (χ2n) is 6.41. The number of carbonyl (C=O) groups excluding carboxylic acids is 1. The number of alkyl carbamates (subject to hydrolysis) is 1. The third-order valence-corrected chi connectivity index (χ3v) is 3.32. The highest BCUT2D eigenvalue weighted by atomic mass is 16.6. The van der Waals surface area contributed by atoms with Gasteiger partial charge in [0.15, 0.2) is 0 Å². The maximum atomic E-state index is 11.8. The van der Waals surface area contributed by atoms with Crippen molar-refractivity contribution in [2.45, 2.75) is 38.8 Å². The van der Waals surface area contributed by atoms with Crippen molar-refractivity contribution in [1.82, 2.24) is 5.32 Å². The zero-order valence-electron chi connectivity index (χ0n) is 13.0. The van der Waals surface area contributed by atoms with Gasteiger partial charge in [-0.2, -0.15) is 0 Å². The fourth-order valence-electron chi connectivity index (χ4n) is 2.33. The Morgan fingerprint density at radius 1 is 1.36 bits per heavy atom. The summed E-state index contributed by atoms with van der Waals surface area (Å²) in [5, 5.41) is 13.4. The van der Waals surface area contributed by atoms with Crippen LogP contribution in [-0.2, 0) is 4.74 Å². The number of non-ortho nitro benzene ring substituents is 1. The number of rotatable bonds is 3. The van der Waals surface area contributed by atoms with Gasteiger partial charge < -0.3 is 15.0 Å². The summed E-state index contributed by atoms with van der Waals surface area (Å²) in [5.41, 5.74) is 0.640. The molecule has 1 aliphatic rings. The van der Waals surface area contributed by atoms with Gasteiger partial charge in [-0.1, -0.05) is 0 Å². The Bertz CT molecular complexity index is 551. The quantitative estimate of drug-likeness (QED) is 0.685. The van der Waals surface area contributed by atoms with E-state index in [0.717, 1.165) is 18.7 Å². The molecule has 0 radical (unpaired) electrons. The topological polar surface area (TPSA) is 84.7 Å². The summed E-state index contributed by atoms with van der Waals surface area (Å²) < 4.78 is 5.40. The van der Waals surface area contributed by atoms with Crippen molar-refractivity contribution in [3.8, 4) is 0 Å². The van der Waals surface area contributed by atoms with Gasteiger partial charge in [0, 0.05) is 36.3 Å². The summed E-state index contributed by atoms with van der Waals surface area (Å²) in [5.74, 6) is 0. The maximum absolute atomic E-state index is 11.8. The number of nitrogens with zero attached hydrogens (tertiary/aromatic N) is 2. The van der Waals surface area contributed by atoms with E-state index < -0.39 is 11.0 Å². The predicted octanol–water partition coefficient (Wildman–Crippen LogP) is 2.70. The Balaban J connectivity index is 1.89. The Kier molecular flexibility index (Phi) is 4.54. The zero-order valence-corrected chi connectivity index (χ0v) is 13.0. The molecule has 0 aromatic heterocycles. The van der Waals surface area contributed by atoms with Gasteiger partial charge in [-0.25, -0.2) is 4.79 Å². The maximum Gasteiger partial charge on any atom is 0.407 e. The van der Waals surface area contributed by atoms with Gasteiger partial charge in [0.1, 0.15) is 6.10 Å². The molecule has 1 heterocycles. The molecule has 0 bridgehead atoms. The minimum atomic E-state index is -0.420. The highest BCUT2D eigenvalue weighted by Gasteiger charge is 2.27. The standard InChI is InChI=1S/C15H21N3O4/c1-15(2,3)16-14(19)22-13-8-9-17(10-13)11-4-6-12(7-5-11)18(20)21/h4-7,13H,8-10H2,1-3H3,(H,16,19)/t13-/m0/s1. The Hall–Kier alpha value is -2.31. The SMILES string of the molecule is CC(C)(C)NC(=O)O[C@H]1CCN(c2ccc([N+](=O)[O-])cc2)C1. The Labute approximate surface area is 129 Å². The summed E-state index contributed by atoms with van der Waals surface area (Å²) in [6, 6.07) is 6.40. The first-order chi connectivity index (χ1) is 10.2. The highest BCUT2D eigenvalue weighted by Crippen LogP contribution is 2.24. The minimum absolute atomic E-state index is 0.0697. The van der Waals surface area contributed by atoms with Crippen LogP contribution < -0.4 is 10.2 Å². The highest BCUT2D eigenvalue weighted by molar-refractivity contribution is 5.68. The number of anilines is 1. The molecule has 0 saturated carbocycles. The second-order valence-corrected chi connectivity index (χ2v) is 6.41. The van der Waals surface area contributed by atoms with E-state index in [1.54, 1.807) is 12.1 Å². The van der Waals surface area contributed by atoms with Gasteiger partial charge in [0.2, 0.25) is 0 Å². The summed E-state index contributed by atoms with van der Waals surface area (Å²) >= 11 is 0. The van der Waals surface area contributed by atoms with Crippen molar-refractivity contribution < 1.29 is 14.5 Å². The molecule has 0 spiro atoms. The van der Waals surface area contributed by atoms with Crippen LogP contribution in [0.25, 0.3) is 0 Å². The molecule has 22 heavy (non-hydrogen) atoms. The van der Waals surface area contributed by atoms with E-state index in [1.165, 1.54) is 12.1 Å². The lowest BCUT2D eigenvalue weighted by Gasteiger charge is -2.22. The number of amides is 1. The molecule has 1 fully saturated rings. The number of nitrogens with one attached hydrogen (secondary N) is 1. The molecule has 2 rings (SSSR count). The molecule has 1 aromatic carbocycles. The van der Waals surface area contributed by atoms with Crippen LogP contribution in [-0.4, -0.2) is 35.7 Å². The van der Waals surface area contributed by atoms with E-state index >= 15 is 0 Å². The molecule has 0 unspecified atom stereocenters. The number of nitro groups is 1. The van der Waals surface area contributed by atoms with Crippen molar-refractivity contribution in [3.63, 3.8) is 0 Å². The van der Waals surface area contributed by atoms with Crippen molar-refractivity contribution in [2.75, 3.05) is 18.0 Å². The predicted molar refractivity (Wildman–Crippen MR) is 83.1 cm³/mol. The first-order valence-electron chi connectivity index (χ1n) is 7.23. The van der Waals surface area contributed by atoms with E-state index in [0.29, 0.717) is 6.54 Å². The smallest absolute Gasteiger partial charge is 0.407 e. The molecule has 7 nitrogen and oxygen atoms in total. The summed E-state index contributed by atoms with van der Waals surface area (Å²) in [7, 11) is 0. The molecule has 1 atom stereocenters. The molecule has 1 aromatic rings. The Morgan fingerprint density at radius 2 is 2.00 bits per heavy atom. The molecule has 0 aliphatic carbocycles. The van der Waals surface area contributed by atoms with Crippen molar-refractivity contribution in [2.24, 2.45) is 0 Å². The molecule has 1 aliphatic heterocycles. The van der Waals surface area contributed by atoms with Gasteiger partial charge in [-0.3, -0.25) is 10.1 Å². The van der Waals surface area contributed by atoms with E-state index in [9.17, 15) is 14.9 Å². The third kappa shape index (κ3) is 4.34. The van der Waals surface area contributed by atoms with Crippen LogP contribution in [0.2, 0.25) is 0 Å². The lowest BCUT2D eigenvalue weighted by Crippen LogP contribution is -2.42. The first kappa shape index (κ1) is 16.1. The molecule has 1 amide bonds. The summed E-state index contributed by atoms with van der Waals surface area (Å²) in [4.78, 5) is 24.0. The van der Waals surface area contributed by atoms with Gasteiger partial charge in [-0.15, -0.1) is 0 Å². The normalized spacial score (nSPS) is 18.1. The fourth-order valence-corrected chi connectivity index (χ4v) is 2.33. The molecule has 7 heteroatoms. The number of benzene rings is 1. The van der Waals surface area contributed by atoms with E-state index in [1.807, 2.05) is 20.8 Å². The molecule has 120 valence electrons. The Morgan fingerprint density at radius 3 is 2.55 bits per heavy atom. The van der Waals surface area contributed by atoms with E-state index in [2.05, 4.69) is 10.2 Å². The van der Waals surface area contributed by atoms with Crippen molar-refractivity contribution in [3.05, 3.63) is 34.4 Å². The molecule has 1 N–H and O–H groups in total. The van der Waals surface area contributed by atoms with E-state index in [4.69, 9.17) is 4.74 Å². The molecular formula is C15H21N3O4. The molecular weight excluding hydrogens is 286 g/mol. The summed E-state index contributed by atoms with van der Waals surface area (Å²) in [6.07, 6.45) is 0.162. The number of ether oxygens (including phenoxy) is 1. The minimum Gasteiger partial charge on any atom is -0.444 e. The number of hydrogen-bond acceptors (Lipinski definition) is 5. The van der Waals surface area contributed by atoms with Crippen LogP contribution in [0.1, 0.15) is 27.2 Å². The van der Waals surface area contributed by atoms with Gasteiger partial charge in [0.05, 0.1) is 11.5 Å². The summed E-state index contributed by atoms with van der Waals surface area (Å²) in [6.45, 7) is 7.03. The van der Waals surface area contributed by atoms with Crippen LogP contribution in [0, 0.1) is 10.1 Å². The van der Waals surface area contributed by atoms with Crippen LogP contribution in [0.4, 0.5) is 16.2 Å². The number of hydrogen-bond donors (Lipinski definition) is 1. The number of carbonyl (C=O) groups is 1. The van der Waals surface area contributed by atoms with E-state index in [-0.39, 0.29) is 17.3 Å². The first-order valence-corrected chi connectivity index (χ1v) is 7.23.